The third-order valence-corrected chi connectivity index (χ3v) is 3.68. The predicted molar refractivity (Wildman–Crippen MR) is 69.5 cm³/mol. The summed E-state index contributed by atoms with van der Waals surface area (Å²) in [5, 5.41) is 10.6. The van der Waals surface area contributed by atoms with Crippen molar-refractivity contribution in [1.82, 2.24) is 0 Å². The van der Waals surface area contributed by atoms with Crippen LogP contribution >= 0.6 is 15.9 Å². The van der Waals surface area contributed by atoms with Crippen LogP contribution in [0.15, 0.2) is 28.7 Å². The summed E-state index contributed by atoms with van der Waals surface area (Å²) in [7, 11) is 1.33. The number of hydrogen-bond donors (Lipinski definition) is 1. The Morgan fingerprint density at radius 2 is 2.00 bits per heavy atom. The highest BCUT2D eigenvalue weighted by molar-refractivity contribution is 9.10. The molecule has 0 aliphatic rings. The Labute approximate surface area is 110 Å². The lowest BCUT2D eigenvalue weighted by Gasteiger charge is -2.32. The average molecular weight is 301 g/mol. The van der Waals surface area contributed by atoms with Gasteiger partial charge in [0.05, 0.1) is 13.0 Å². The van der Waals surface area contributed by atoms with E-state index in [-0.39, 0.29) is 0 Å². The molecule has 3 nitrogen and oxygen atoms in total. The maximum absolute atomic E-state index is 11.6. The van der Waals surface area contributed by atoms with Gasteiger partial charge in [-0.2, -0.15) is 0 Å². The van der Waals surface area contributed by atoms with Gasteiger partial charge in [0.25, 0.3) is 0 Å². The zero-order chi connectivity index (χ0) is 13.1. The monoisotopic (exact) mass is 300 g/mol. The highest BCUT2D eigenvalue weighted by atomic mass is 79.9. The highest BCUT2D eigenvalue weighted by Gasteiger charge is 2.38. The maximum atomic E-state index is 11.6. The molecule has 1 rings (SSSR count). The molecule has 0 saturated heterocycles. The molecule has 1 aromatic rings. The van der Waals surface area contributed by atoms with Crippen molar-refractivity contribution in [2.45, 2.75) is 25.9 Å². The van der Waals surface area contributed by atoms with Gasteiger partial charge in [0.1, 0.15) is 5.60 Å². The minimum absolute atomic E-state index is 0.405. The summed E-state index contributed by atoms with van der Waals surface area (Å²) in [6, 6.07) is 7.32. The highest BCUT2D eigenvalue weighted by Crippen LogP contribution is 2.34. The number of esters is 1. The normalized spacial score (nSPS) is 16.1. The van der Waals surface area contributed by atoms with Crippen molar-refractivity contribution >= 4 is 21.9 Å². The largest absolute Gasteiger partial charge is 0.469 e. The van der Waals surface area contributed by atoms with E-state index < -0.39 is 17.5 Å². The number of benzene rings is 1. The van der Waals surface area contributed by atoms with Crippen LogP contribution in [-0.4, -0.2) is 18.2 Å². The van der Waals surface area contributed by atoms with Crippen molar-refractivity contribution in [1.29, 1.82) is 0 Å². The molecule has 1 aromatic carbocycles. The molecule has 4 heteroatoms. The minimum Gasteiger partial charge on any atom is -0.469 e. The number of hydrogen-bond acceptors (Lipinski definition) is 3. The Balaban J connectivity index is 3.11. The van der Waals surface area contributed by atoms with Crippen LogP contribution in [0.2, 0.25) is 0 Å². The second kappa shape index (κ2) is 5.65. The third kappa shape index (κ3) is 2.87. The Morgan fingerprint density at radius 1 is 1.47 bits per heavy atom. The molecule has 2 unspecified atom stereocenters. The minimum atomic E-state index is -1.19. The number of carbonyl (C=O) groups is 1. The first-order valence-electron chi connectivity index (χ1n) is 5.52. The molecule has 0 radical (unpaired) electrons. The molecule has 0 aromatic heterocycles. The van der Waals surface area contributed by atoms with Crippen LogP contribution in [0.5, 0.6) is 0 Å². The van der Waals surface area contributed by atoms with Gasteiger partial charge >= 0.3 is 5.97 Å². The van der Waals surface area contributed by atoms with Gasteiger partial charge in [-0.05, 0) is 31.0 Å². The predicted octanol–water partition coefficient (Wildman–Crippen LogP) is 2.86. The number of carbonyl (C=O) groups excluding carboxylic acids is 1. The standard InChI is InChI=1S/C13H17BrO3/c1-4-13(16,9(2)12(15)17-3)10-5-7-11(14)8-6-10/h5-9,16H,4H2,1-3H3. The molecular weight excluding hydrogens is 284 g/mol. The fourth-order valence-electron chi connectivity index (χ4n) is 1.87. The van der Waals surface area contributed by atoms with E-state index in [1.54, 1.807) is 6.92 Å². The quantitative estimate of drug-likeness (QED) is 0.870. The number of ether oxygens (including phenoxy) is 1. The van der Waals surface area contributed by atoms with Crippen molar-refractivity contribution in [2.24, 2.45) is 5.92 Å². The van der Waals surface area contributed by atoms with Crippen molar-refractivity contribution < 1.29 is 14.6 Å². The Kier molecular flexibility index (Phi) is 4.71. The van der Waals surface area contributed by atoms with Crippen LogP contribution in [0.3, 0.4) is 0 Å². The van der Waals surface area contributed by atoms with Crippen molar-refractivity contribution in [3.63, 3.8) is 0 Å². The zero-order valence-electron chi connectivity index (χ0n) is 10.2. The van der Waals surface area contributed by atoms with Gasteiger partial charge in [0.2, 0.25) is 0 Å². The molecule has 0 heterocycles. The summed E-state index contributed by atoms with van der Waals surface area (Å²) in [4.78, 5) is 11.6. The Bertz CT molecular complexity index is 388. The number of aliphatic hydroxyl groups is 1. The summed E-state index contributed by atoms with van der Waals surface area (Å²) in [5.74, 6) is -1.00. The van der Waals surface area contributed by atoms with E-state index in [1.807, 2.05) is 31.2 Å². The lowest BCUT2D eigenvalue weighted by atomic mass is 9.80. The van der Waals surface area contributed by atoms with E-state index >= 15 is 0 Å². The molecule has 0 saturated carbocycles. The van der Waals surface area contributed by atoms with Crippen LogP contribution < -0.4 is 0 Å². The Hall–Kier alpha value is -0.870. The topological polar surface area (TPSA) is 46.5 Å². The first kappa shape index (κ1) is 14.2. The van der Waals surface area contributed by atoms with Gasteiger partial charge in [-0.3, -0.25) is 4.79 Å². The SMILES string of the molecule is CCC(O)(c1ccc(Br)cc1)C(C)C(=O)OC. The second-order valence-electron chi connectivity index (χ2n) is 4.03. The molecular formula is C13H17BrO3. The molecule has 0 aliphatic carbocycles. The lowest BCUT2D eigenvalue weighted by molar-refractivity contribution is -0.155. The molecule has 0 fully saturated rings. The van der Waals surface area contributed by atoms with Crippen molar-refractivity contribution in [3.05, 3.63) is 34.3 Å². The van der Waals surface area contributed by atoms with Gasteiger partial charge < -0.3 is 9.84 Å². The van der Waals surface area contributed by atoms with Gasteiger partial charge in [-0.15, -0.1) is 0 Å². The van der Waals surface area contributed by atoms with Crippen LogP contribution in [0, 0.1) is 5.92 Å². The van der Waals surface area contributed by atoms with E-state index in [0.29, 0.717) is 6.42 Å². The number of halogens is 1. The number of rotatable bonds is 4. The molecule has 0 bridgehead atoms. The molecule has 0 aliphatic heterocycles. The van der Waals surface area contributed by atoms with Crippen LogP contribution in [0.4, 0.5) is 0 Å². The lowest BCUT2D eigenvalue weighted by Crippen LogP contribution is -2.38. The summed E-state index contributed by atoms with van der Waals surface area (Å²) in [6.45, 7) is 3.53. The van der Waals surface area contributed by atoms with Gasteiger partial charge in [-0.25, -0.2) is 0 Å². The van der Waals surface area contributed by atoms with Gasteiger partial charge in [0, 0.05) is 4.47 Å². The van der Waals surface area contributed by atoms with E-state index in [2.05, 4.69) is 15.9 Å². The fraction of sp³-hybridized carbons (Fsp3) is 0.462. The van der Waals surface area contributed by atoms with E-state index in [4.69, 9.17) is 4.74 Å². The van der Waals surface area contributed by atoms with Crippen molar-refractivity contribution in [2.75, 3.05) is 7.11 Å². The molecule has 0 amide bonds. The molecule has 94 valence electrons. The van der Waals surface area contributed by atoms with Crippen LogP contribution in [-0.2, 0) is 15.1 Å². The zero-order valence-corrected chi connectivity index (χ0v) is 11.8. The van der Waals surface area contributed by atoms with E-state index in [9.17, 15) is 9.90 Å². The molecule has 2 atom stereocenters. The van der Waals surface area contributed by atoms with Crippen molar-refractivity contribution in [3.8, 4) is 0 Å². The van der Waals surface area contributed by atoms with E-state index in [0.717, 1.165) is 10.0 Å². The van der Waals surface area contributed by atoms with Gasteiger partial charge in [0.15, 0.2) is 0 Å². The molecule has 17 heavy (non-hydrogen) atoms. The summed E-state index contributed by atoms with van der Waals surface area (Å²) < 4.78 is 5.63. The summed E-state index contributed by atoms with van der Waals surface area (Å²) in [5.41, 5.74) is -0.463. The summed E-state index contributed by atoms with van der Waals surface area (Å²) in [6.07, 6.45) is 0.449. The molecule has 1 N–H and O–H groups in total. The van der Waals surface area contributed by atoms with Crippen LogP contribution in [0.25, 0.3) is 0 Å². The van der Waals surface area contributed by atoms with Gasteiger partial charge in [-0.1, -0.05) is 35.0 Å². The smallest absolute Gasteiger partial charge is 0.311 e. The first-order valence-corrected chi connectivity index (χ1v) is 6.31. The van der Waals surface area contributed by atoms with E-state index in [1.165, 1.54) is 7.11 Å². The third-order valence-electron chi connectivity index (χ3n) is 3.15. The van der Waals surface area contributed by atoms with Crippen LogP contribution in [0.1, 0.15) is 25.8 Å². The number of methoxy groups -OCH3 is 1. The average Bonchev–Trinajstić information content (AvgIpc) is 2.36. The first-order chi connectivity index (χ1) is 7.95. The second-order valence-corrected chi connectivity index (χ2v) is 4.95. The summed E-state index contributed by atoms with van der Waals surface area (Å²) >= 11 is 3.34. The maximum Gasteiger partial charge on any atom is 0.311 e. The molecule has 0 spiro atoms. The Morgan fingerprint density at radius 3 is 2.41 bits per heavy atom. The fourth-order valence-corrected chi connectivity index (χ4v) is 2.13.